The van der Waals surface area contributed by atoms with Gasteiger partial charge >= 0.3 is 5.97 Å². The number of aromatic nitrogens is 2. The fourth-order valence-electron chi connectivity index (χ4n) is 4.78. The Balaban J connectivity index is 1.36. The first kappa shape index (κ1) is 21.4. The van der Waals surface area contributed by atoms with Gasteiger partial charge in [-0.3, -0.25) is 0 Å². The minimum Gasteiger partial charge on any atom is -0.477 e. The smallest absolute Gasteiger partial charge is 0.354 e. The summed E-state index contributed by atoms with van der Waals surface area (Å²) in [6, 6.07) is 16.1. The molecule has 33 heavy (non-hydrogen) atoms. The highest BCUT2D eigenvalue weighted by atomic mass is 16.4. The molecule has 2 fully saturated rings. The van der Waals surface area contributed by atoms with Gasteiger partial charge in [0.1, 0.15) is 11.6 Å². The van der Waals surface area contributed by atoms with E-state index in [2.05, 4.69) is 52.6 Å². The third-order valence-corrected chi connectivity index (χ3v) is 6.87. The molecular weight excluding hydrogens is 412 g/mol. The Kier molecular flexibility index (Phi) is 5.99. The summed E-state index contributed by atoms with van der Waals surface area (Å²) >= 11 is 0. The van der Waals surface area contributed by atoms with Gasteiger partial charge in [0.2, 0.25) is 0 Å². The second-order valence-electron chi connectivity index (χ2n) is 9.23. The minimum atomic E-state index is -1.04. The van der Waals surface area contributed by atoms with Crippen molar-refractivity contribution in [2.24, 2.45) is 0 Å². The van der Waals surface area contributed by atoms with Crippen molar-refractivity contribution in [1.82, 2.24) is 9.97 Å². The Morgan fingerprint density at radius 1 is 1.00 bits per heavy atom. The van der Waals surface area contributed by atoms with Crippen LogP contribution in [0.4, 0.5) is 23.0 Å². The summed E-state index contributed by atoms with van der Waals surface area (Å²) < 4.78 is 0. The van der Waals surface area contributed by atoms with Crippen molar-refractivity contribution in [3.8, 4) is 0 Å². The number of pyridine rings is 2. The van der Waals surface area contributed by atoms with E-state index in [0.717, 1.165) is 30.0 Å². The van der Waals surface area contributed by atoms with E-state index in [0.29, 0.717) is 17.7 Å². The summed E-state index contributed by atoms with van der Waals surface area (Å²) in [5.74, 6) is 1.58. The first-order valence-electron chi connectivity index (χ1n) is 11.9. The number of rotatable bonds is 7. The molecule has 0 aliphatic heterocycles. The van der Waals surface area contributed by atoms with Gasteiger partial charge in [-0.25, -0.2) is 14.8 Å². The molecule has 1 aromatic carbocycles. The third-order valence-electron chi connectivity index (χ3n) is 6.87. The van der Waals surface area contributed by atoms with Crippen molar-refractivity contribution in [2.75, 3.05) is 17.3 Å². The van der Waals surface area contributed by atoms with Crippen molar-refractivity contribution in [3.05, 3.63) is 71.5 Å². The van der Waals surface area contributed by atoms with Crippen LogP contribution in [-0.4, -0.2) is 28.1 Å². The van der Waals surface area contributed by atoms with E-state index < -0.39 is 5.97 Å². The van der Waals surface area contributed by atoms with Crippen LogP contribution in [0.15, 0.2) is 54.7 Å². The molecule has 6 nitrogen and oxygen atoms in total. The molecule has 0 amide bonds. The Bertz CT molecular complexity index is 1140. The molecule has 2 N–H and O–H groups in total. The Hall–Kier alpha value is -3.41. The van der Waals surface area contributed by atoms with Gasteiger partial charge in [0.05, 0.1) is 11.9 Å². The predicted octanol–water partition coefficient (Wildman–Crippen LogP) is 6.61. The lowest BCUT2D eigenvalue weighted by atomic mass is 9.84. The largest absolute Gasteiger partial charge is 0.477 e. The van der Waals surface area contributed by atoms with E-state index in [1.807, 2.05) is 6.20 Å². The van der Waals surface area contributed by atoms with Gasteiger partial charge in [-0.15, -0.1) is 0 Å². The van der Waals surface area contributed by atoms with Crippen LogP contribution in [0.25, 0.3) is 0 Å². The van der Waals surface area contributed by atoms with E-state index >= 15 is 0 Å². The zero-order valence-corrected chi connectivity index (χ0v) is 19.0. The van der Waals surface area contributed by atoms with Crippen LogP contribution in [0.1, 0.15) is 78.4 Å². The molecule has 2 heterocycles. The minimum absolute atomic E-state index is 0.0222. The van der Waals surface area contributed by atoms with E-state index in [9.17, 15) is 9.90 Å². The SMILES string of the molecule is CN(c1ccc(C2CCCCC2)cc1)c1cc(C2CC2)c(Nc2cccc(C(=O)O)n2)cn1. The Morgan fingerprint density at radius 3 is 2.45 bits per heavy atom. The molecule has 3 aromatic rings. The van der Waals surface area contributed by atoms with Crippen LogP contribution in [-0.2, 0) is 0 Å². The summed E-state index contributed by atoms with van der Waals surface area (Å²) in [5, 5.41) is 12.5. The van der Waals surface area contributed by atoms with Crippen molar-refractivity contribution >= 4 is 29.0 Å². The monoisotopic (exact) mass is 442 g/mol. The highest BCUT2D eigenvalue weighted by molar-refractivity contribution is 5.86. The number of benzene rings is 1. The summed E-state index contributed by atoms with van der Waals surface area (Å²) in [6.45, 7) is 0. The standard InChI is InChI=1S/C27H30N4O2/c1-31(21-14-12-19(13-15-21)18-6-3-2-4-7-18)26-16-22(20-10-11-20)24(17-28-26)30-25-9-5-8-23(29-25)27(32)33/h5,8-9,12-18,20H,2-4,6-7,10-11H2,1H3,(H,29,30)(H,32,33). The number of carboxylic acids is 1. The van der Waals surface area contributed by atoms with Crippen molar-refractivity contribution < 1.29 is 9.90 Å². The van der Waals surface area contributed by atoms with Crippen LogP contribution in [0.5, 0.6) is 0 Å². The second kappa shape index (κ2) is 9.22. The van der Waals surface area contributed by atoms with Crippen LogP contribution < -0.4 is 10.2 Å². The summed E-state index contributed by atoms with van der Waals surface area (Å²) in [5.41, 5.74) is 4.69. The Morgan fingerprint density at radius 2 is 1.76 bits per heavy atom. The molecule has 2 aliphatic rings. The number of carbonyl (C=O) groups is 1. The zero-order valence-electron chi connectivity index (χ0n) is 19.0. The third kappa shape index (κ3) is 4.85. The maximum Gasteiger partial charge on any atom is 0.354 e. The van der Waals surface area contributed by atoms with E-state index in [1.165, 1.54) is 49.3 Å². The van der Waals surface area contributed by atoms with Crippen molar-refractivity contribution in [2.45, 2.75) is 56.8 Å². The summed E-state index contributed by atoms with van der Waals surface area (Å²) in [7, 11) is 2.06. The molecule has 0 spiro atoms. The molecule has 5 rings (SSSR count). The Labute approximate surface area is 194 Å². The van der Waals surface area contributed by atoms with Gasteiger partial charge in [0.15, 0.2) is 5.69 Å². The second-order valence-corrected chi connectivity index (χ2v) is 9.23. The summed E-state index contributed by atoms with van der Waals surface area (Å²) in [4.78, 5) is 22.3. The highest BCUT2D eigenvalue weighted by Crippen LogP contribution is 2.45. The zero-order chi connectivity index (χ0) is 22.8. The lowest BCUT2D eigenvalue weighted by Gasteiger charge is -2.24. The normalized spacial score (nSPS) is 16.4. The van der Waals surface area contributed by atoms with Crippen LogP contribution in [0, 0.1) is 0 Å². The molecule has 170 valence electrons. The quantitative estimate of drug-likeness (QED) is 0.428. The van der Waals surface area contributed by atoms with Gasteiger partial charge < -0.3 is 15.3 Å². The van der Waals surface area contributed by atoms with E-state index in [4.69, 9.17) is 4.98 Å². The van der Waals surface area contributed by atoms with E-state index in [1.54, 1.807) is 12.1 Å². The maximum absolute atomic E-state index is 11.2. The number of hydrogen-bond donors (Lipinski definition) is 2. The lowest BCUT2D eigenvalue weighted by molar-refractivity contribution is 0.0690. The number of carboxylic acid groups (broad SMARTS) is 1. The number of aromatic carboxylic acids is 1. The fourth-order valence-corrected chi connectivity index (χ4v) is 4.78. The first-order chi connectivity index (χ1) is 16.1. The average molecular weight is 443 g/mol. The average Bonchev–Trinajstić information content (AvgIpc) is 3.70. The molecule has 6 heteroatoms. The molecule has 0 radical (unpaired) electrons. The molecule has 0 atom stereocenters. The fraction of sp³-hybridized carbons (Fsp3) is 0.370. The van der Waals surface area contributed by atoms with Crippen molar-refractivity contribution in [3.63, 3.8) is 0 Å². The van der Waals surface area contributed by atoms with Crippen LogP contribution in [0.3, 0.4) is 0 Å². The van der Waals surface area contributed by atoms with Gasteiger partial charge in [0.25, 0.3) is 0 Å². The first-order valence-corrected chi connectivity index (χ1v) is 11.9. The predicted molar refractivity (Wildman–Crippen MR) is 131 cm³/mol. The van der Waals surface area contributed by atoms with E-state index in [-0.39, 0.29) is 5.69 Å². The van der Waals surface area contributed by atoms with Gasteiger partial charge in [-0.05, 0) is 79.0 Å². The maximum atomic E-state index is 11.2. The number of nitrogens with one attached hydrogen (secondary N) is 1. The molecule has 2 aromatic heterocycles. The lowest BCUT2D eigenvalue weighted by Crippen LogP contribution is -2.13. The molecule has 2 aliphatic carbocycles. The summed E-state index contributed by atoms with van der Waals surface area (Å²) in [6.07, 6.45) is 10.8. The van der Waals surface area contributed by atoms with Crippen LogP contribution in [0.2, 0.25) is 0 Å². The number of nitrogens with zero attached hydrogens (tertiary/aromatic N) is 3. The molecule has 2 saturated carbocycles. The van der Waals surface area contributed by atoms with Gasteiger partial charge in [-0.2, -0.15) is 0 Å². The van der Waals surface area contributed by atoms with Gasteiger partial charge in [0, 0.05) is 12.7 Å². The van der Waals surface area contributed by atoms with Gasteiger partial charge in [-0.1, -0.05) is 37.5 Å². The molecule has 0 bridgehead atoms. The number of hydrogen-bond acceptors (Lipinski definition) is 5. The topological polar surface area (TPSA) is 78.4 Å². The van der Waals surface area contributed by atoms with Crippen LogP contribution >= 0.6 is 0 Å². The molecular formula is C27H30N4O2. The highest BCUT2D eigenvalue weighted by Gasteiger charge is 2.27. The molecule has 0 unspecified atom stereocenters. The molecule has 0 saturated heterocycles. The van der Waals surface area contributed by atoms with Crippen molar-refractivity contribution in [1.29, 1.82) is 0 Å². The number of anilines is 4.